The SMILES string of the molecule is N#Cc1cnn2c(C(F)(F)F)cc(-c3ccc4c(c3)OCCO4)nc12. The van der Waals surface area contributed by atoms with Crippen molar-refractivity contribution in [3.05, 3.63) is 41.7 Å². The fourth-order valence-corrected chi connectivity index (χ4v) is 2.59. The number of benzene rings is 1. The summed E-state index contributed by atoms with van der Waals surface area (Å²) in [7, 11) is 0. The summed E-state index contributed by atoms with van der Waals surface area (Å²) in [4.78, 5) is 4.18. The minimum Gasteiger partial charge on any atom is -0.486 e. The summed E-state index contributed by atoms with van der Waals surface area (Å²) in [5, 5.41) is 12.7. The highest BCUT2D eigenvalue weighted by Crippen LogP contribution is 2.36. The van der Waals surface area contributed by atoms with Crippen LogP contribution in [-0.4, -0.2) is 27.8 Å². The molecule has 2 aromatic heterocycles. The summed E-state index contributed by atoms with van der Waals surface area (Å²) in [6, 6.07) is 7.47. The molecule has 0 saturated heterocycles. The Hall–Kier alpha value is -3.28. The summed E-state index contributed by atoms with van der Waals surface area (Å²) >= 11 is 0. The first-order valence-corrected chi connectivity index (χ1v) is 7.23. The van der Waals surface area contributed by atoms with Crippen molar-refractivity contribution >= 4 is 5.65 Å². The summed E-state index contributed by atoms with van der Waals surface area (Å²) < 4.78 is 51.6. The maximum Gasteiger partial charge on any atom is 0.433 e. The minimum atomic E-state index is -4.65. The largest absolute Gasteiger partial charge is 0.486 e. The van der Waals surface area contributed by atoms with E-state index in [1.165, 1.54) is 0 Å². The molecule has 0 N–H and O–H groups in total. The molecule has 0 radical (unpaired) electrons. The third-order valence-corrected chi connectivity index (χ3v) is 3.72. The van der Waals surface area contributed by atoms with Crippen molar-refractivity contribution in [2.24, 2.45) is 0 Å². The minimum absolute atomic E-state index is 0.0371. The van der Waals surface area contributed by atoms with Gasteiger partial charge >= 0.3 is 6.18 Å². The average molecular weight is 346 g/mol. The maximum atomic E-state index is 13.4. The lowest BCUT2D eigenvalue weighted by atomic mass is 10.1. The van der Waals surface area contributed by atoms with Gasteiger partial charge in [0.2, 0.25) is 0 Å². The molecule has 0 saturated carbocycles. The number of hydrogen-bond donors (Lipinski definition) is 0. The predicted octanol–water partition coefficient (Wildman–Crippen LogP) is 3.06. The normalized spacial score (nSPS) is 13.7. The van der Waals surface area contributed by atoms with Gasteiger partial charge in [0.1, 0.15) is 24.8 Å². The van der Waals surface area contributed by atoms with Crippen LogP contribution in [0.5, 0.6) is 11.5 Å². The lowest BCUT2D eigenvalue weighted by Gasteiger charge is -2.19. The fraction of sp³-hybridized carbons (Fsp3) is 0.188. The van der Waals surface area contributed by atoms with Gasteiger partial charge < -0.3 is 9.47 Å². The maximum absolute atomic E-state index is 13.4. The van der Waals surface area contributed by atoms with Gasteiger partial charge in [-0.3, -0.25) is 0 Å². The van der Waals surface area contributed by atoms with E-state index in [0.29, 0.717) is 34.8 Å². The van der Waals surface area contributed by atoms with E-state index in [9.17, 15) is 13.2 Å². The molecule has 0 spiro atoms. The molecule has 1 aliphatic heterocycles. The zero-order valence-electron chi connectivity index (χ0n) is 12.5. The smallest absolute Gasteiger partial charge is 0.433 e. The van der Waals surface area contributed by atoms with Crippen LogP contribution in [0.2, 0.25) is 0 Å². The van der Waals surface area contributed by atoms with Gasteiger partial charge in [-0.05, 0) is 24.3 Å². The predicted molar refractivity (Wildman–Crippen MR) is 79.1 cm³/mol. The second-order valence-electron chi connectivity index (χ2n) is 5.29. The molecule has 0 aliphatic carbocycles. The third kappa shape index (κ3) is 2.52. The number of nitriles is 1. The van der Waals surface area contributed by atoms with Crippen molar-refractivity contribution in [1.29, 1.82) is 5.26 Å². The Kier molecular flexibility index (Phi) is 3.28. The van der Waals surface area contributed by atoms with Crippen molar-refractivity contribution in [1.82, 2.24) is 14.6 Å². The van der Waals surface area contributed by atoms with Crippen LogP contribution in [0.3, 0.4) is 0 Å². The molecule has 6 nitrogen and oxygen atoms in total. The molecule has 0 fully saturated rings. The number of aromatic nitrogens is 3. The fourth-order valence-electron chi connectivity index (χ4n) is 2.59. The van der Waals surface area contributed by atoms with Crippen LogP contribution in [0.4, 0.5) is 13.2 Å². The quantitative estimate of drug-likeness (QED) is 0.677. The van der Waals surface area contributed by atoms with Crippen LogP contribution < -0.4 is 9.47 Å². The highest BCUT2D eigenvalue weighted by Gasteiger charge is 2.35. The zero-order chi connectivity index (χ0) is 17.6. The number of fused-ring (bicyclic) bond motifs is 2. The van der Waals surface area contributed by atoms with Crippen LogP contribution in [0.25, 0.3) is 16.9 Å². The first kappa shape index (κ1) is 15.3. The number of halogens is 3. The molecule has 4 rings (SSSR count). The van der Waals surface area contributed by atoms with Gasteiger partial charge in [0.15, 0.2) is 22.8 Å². The molecule has 0 unspecified atom stereocenters. The Labute approximate surface area is 139 Å². The summed E-state index contributed by atoms with van der Waals surface area (Å²) in [5.74, 6) is 0.960. The molecule has 126 valence electrons. The van der Waals surface area contributed by atoms with E-state index in [0.717, 1.165) is 12.3 Å². The van der Waals surface area contributed by atoms with Crippen molar-refractivity contribution in [3.8, 4) is 28.8 Å². The van der Waals surface area contributed by atoms with Crippen molar-refractivity contribution in [2.45, 2.75) is 6.18 Å². The summed E-state index contributed by atoms with van der Waals surface area (Å²) in [6.45, 7) is 0.772. The molecule has 9 heteroatoms. The molecule has 25 heavy (non-hydrogen) atoms. The zero-order valence-corrected chi connectivity index (χ0v) is 12.5. The molecule has 1 aromatic carbocycles. The molecule has 0 bridgehead atoms. The van der Waals surface area contributed by atoms with Crippen molar-refractivity contribution < 1.29 is 22.6 Å². The van der Waals surface area contributed by atoms with Gasteiger partial charge in [-0.1, -0.05) is 0 Å². The van der Waals surface area contributed by atoms with Crippen LogP contribution >= 0.6 is 0 Å². The monoisotopic (exact) mass is 346 g/mol. The van der Waals surface area contributed by atoms with Crippen molar-refractivity contribution in [3.63, 3.8) is 0 Å². The Balaban J connectivity index is 1.94. The number of ether oxygens (including phenoxy) is 2. The highest BCUT2D eigenvalue weighted by atomic mass is 19.4. The molecule has 1 aliphatic rings. The van der Waals surface area contributed by atoms with E-state index in [1.54, 1.807) is 24.3 Å². The van der Waals surface area contributed by atoms with Crippen LogP contribution in [0.1, 0.15) is 11.3 Å². The number of alkyl halides is 3. The number of hydrogen-bond acceptors (Lipinski definition) is 5. The first-order valence-electron chi connectivity index (χ1n) is 7.23. The van der Waals surface area contributed by atoms with E-state index < -0.39 is 11.9 Å². The average Bonchev–Trinajstić information content (AvgIpc) is 3.02. The molecule has 3 aromatic rings. The highest BCUT2D eigenvalue weighted by molar-refractivity contribution is 5.68. The lowest BCUT2D eigenvalue weighted by Crippen LogP contribution is -2.15. The standard InChI is InChI=1S/C16H9F3N4O2/c17-16(18,19)14-6-11(22-15-10(7-20)8-21-23(14)15)9-1-2-12-13(5-9)25-4-3-24-12/h1-2,5-6,8H,3-4H2. The molecule has 0 atom stereocenters. The third-order valence-electron chi connectivity index (χ3n) is 3.72. The van der Waals surface area contributed by atoms with Crippen LogP contribution in [-0.2, 0) is 6.18 Å². The summed E-state index contributed by atoms with van der Waals surface area (Å²) in [5.41, 5.74) is -0.716. The second kappa shape index (κ2) is 5.37. The van der Waals surface area contributed by atoms with E-state index in [2.05, 4.69) is 10.1 Å². The van der Waals surface area contributed by atoms with Gasteiger partial charge in [0.05, 0.1) is 11.9 Å². The second-order valence-corrected chi connectivity index (χ2v) is 5.29. The van der Waals surface area contributed by atoms with Crippen LogP contribution in [0.15, 0.2) is 30.5 Å². The van der Waals surface area contributed by atoms with Gasteiger partial charge in [0, 0.05) is 5.56 Å². The molecule has 0 amide bonds. The van der Waals surface area contributed by atoms with E-state index in [-0.39, 0.29) is 16.9 Å². The van der Waals surface area contributed by atoms with E-state index in [1.807, 2.05) is 0 Å². The Morgan fingerprint density at radius 1 is 1.12 bits per heavy atom. The van der Waals surface area contributed by atoms with E-state index >= 15 is 0 Å². The number of rotatable bonds is 1. The van der Waals surface area contributed by atoms with Crippen LogP contribution in [0, 0.1) is 11.3 Å². The van der Waals surface area contributed by atoms with Gasteiger partial charge in [-0.15, -0.1) is 0 Å². The Morgan fingerprint density at radius 2 is 1.88 bits per heavy atom. The Bertz CT molecular complexity index is 1020. The van der Waals surface area contributed by atoms with Crippen molar-refractivity contribution in [2.75, 3.05) is 13.2 Å². The van der Waals surface area contributed by atoms with Gasteiger partial charge in [-0.25, -0.2) is 9.50 Å². The summed E-state index contributed by atoms with van der Waals surface area (Å²) in [6.07, 6.45) is -3.59. The molecular formula is C16H9F3N4O2. The Morgan fingerprint density at radius 3 is 2.60 bits per heavy atom. The molecule has 3 heterocycles. The van der Waals surface area contributed by atoms with Gasteiger partial charge in [0.25, 0.3) is 0 Å². The lowest BCUT2D eigenvalue weighted by molar-refractivity contribution is -0.142. The van der Waals surface area contributed by atoms with E-state index in [4.69, 9.17) is 14.7 Å². The number of nitrogens with zero attached hydrogens (tertiary/aromatic N) is 4. The first-order chi connectivity index (χ1) is 12.0. The topological polar surface area (TPSA) is 72.4 Å². The van der Waals surface area contributed by atoms with Gasteiger partial charge in [-0.2, -0.15) is 23.5 Å². The molecular weight excluding hydrogens is 337 g/mol.